The first-order valence-corrected chi connectivity index (χ1v) is 13.9. The standard InChI is InChI=1S/C26H30N4O4S2/c1-17(2)30(15-18-7-5-4-6-8-18)36(33,34)20-11-9-19(10-12-20)25(32)28-26-23(24(27)31)21-13-14-29(3)16-22(21)35-26/h4-12,17H,13-16H2,1-3H3,(H2,27,31)(H,28,32). The maximum atomic E-state index is 13.4. The first-order valence-electron chi connectivity index (χ1n) is 11.7. The predicted octanol–water partition coefficient (Wildman–Crippen LogP) is 3.69. The summed E-state index contributed by atoms with van der Waals surface area (Å²) in [5.41, 5.74) is 8.08. The fourth-order valence-corrected chi connectivity index (χ4v) is 7.23. The summed E-state index contributed by atoms with van der Waals surface area (Å²) in [4.78, 5) is 28.4. The Bertz CT molecular complexity index is 1370. The van der Waals surface area contributed by atoms with Crippen molar-refractivity contribution in [3.8, 4) is 0 Å². The van der Waals surface area contributed by atoms with E-state index in [0.29, 0.717) is 23.5 Å². The molecule has 0 saturated carbocycles. The van der Waals surface area contributed by atoms with Crippen LogP contribution in [0.4, 0.5) is 5.00 Å². The fourth-order valence-electron chi connectivity index (χ4n) is 4.28. The Labute approximate surface area is 215 Å². The Morgan fingerprint density at radius 2 is 1.78 bits per heavy atom. The van der Waals surface area contributed by atoms with Crippen LogP contribution in [0.2, 0.25) is 0 Å². The number of likely N-dealkylation sites (N-methyl/N-ethyl adjacent to an activating group) is 1. The first-order chi connectivity index (χ1) is 17.1. The van der Waals surface area contributed by atoms with Crippen LogP contribution in [-0.2, 0) is 29.5 Å². The summed E-state index contributed by atoms with van der Waals surface area (Å²) in [5, 5.41) is 3.24. The fraction of sp³-hybridized carbons (Fsp3) is 0.308. The van der Waals surface area contributed by atoms with Gasteiger partial charge in [-0.15, -0.1) is 11.3 Å². The molecule has 0 spiro atoms. The zero-order valence-electron chi connectivity index (χ0n) is 20.5. The summed E-state index contributed by atoms with van der Waals surface area (Å²) >= 11 is 1.36. The molecular weight excluding hydrogens is 496 g/mol. The minimum atomic E-state index is -3.79. The van der Waals surface area contributed by atoms with Crippen molar-refractivity contribution in [3.63, 3.8) is 0 Å². The van der Waals surface area contributed by atoms with Crippen LogP contribution in [0.15, 0.2) is 59.5 Å². The number of fused-ring (bicyclic) bond motifs is 1. The number of nitrogens with zero attached hydrogens (tertiary/aromatic N) is 2. The number of nitrogens with two attached hydrogens (primary N) is 1. The zero-order chi connectivity index (χ0) is 26.0. The Kier molecular flexibility index (Phi) is 7.60. The quantitative estimate of drug-likeness (QED) is 0.465. The van der Waals surface area contributed by atoms with E-state index in [1.54, 1.807) is 0 Å². The number of primary amides is 1. The minimum Gasteiger partial charge on any atom is -0.365 e. The lowest BCUT2D eigenvalue weighted by Gasteiger charge is -2.26. The molecule has 1 aliphatic heterocycles. The number of benzene rings is 2. The third-order valence-corrected chi connectivity index (χ3v) is 9.37. The van der Waals surface area contributed by atoms with Gasteiger partial charge in [-0.05, 0) is 62.7 Å². The largest absolute Gasteiger partial charge is 0.365 e. The summed E-state index contributed by atoms with van der Waals surface area (Å²) in [5.74, 6) is -1.00. The van der Waals surface area contributed by atoms with Gasteiger partial charge in [-0.1, -0.05) is 30.3 Å². The van der Waals surface area contributed by atoms with Gasteiger partial charge in [-0.25, -0.2) is 8.42 Å². The molecule has 1 aromatic heterocycles. The lowest BCUT2D eigenvalue weighted by molar-refractivity contribution is 0.1000. The maximum absolute atomic E-state index is 13.4. The van der Waals surface area contributed by atoms with Gasteiger partial charge < -0.3 is 16.0 Å². The van der Waals surface area contributed by atoms with E-state index in [9.17, 15) is 18.0 Å². The maximum Gasteiger partial charge on any atom is 0.256 e. The van der Waals surface area contributed by atoms with E-state index in [1.165, 1.54) is 39.9 Å². The molecular formula is C26H30N4O4S2. The van der Waals surface area contributed by atoms with Gasteiger partial charge in [-0.2, -0.15) is 4.31 Å². The van der Waals surface area contributed by atoms with Crippen LogP contribution < -0.4 is 11.1 Å². The van der Waals surface area contributed by atoms with Crippen molar-refractivity contribution in [2.75, 3.05) is 18.9 Å². The normalized spacial score (nSPS) is 14.1. The van der Waals surface area contributed by atoms with Crippen LogP contribution in [-0.4, -0.2) is 49.1 Å². The van der Waals surface area contributed by atoms with E-state index < -0.39 is 21.8 Å². The SMILES string of the molecule is CC(C)N(Cc1ccccc1)S(=O)(=O)c1ccc(C(=O)Nc2sc3c(c2C(N)=O)CCN(C)C3)cc1. The number of amides is 2. The zero-order valence-corrected chi connectivity index (χ0v) is 22.2. The summed E-state index contributed by atoms with van der Waals surface area (Å²) in [7, 11) is -1.79. The molecule has 0 saturated heterocycles. The predicted molar refractivity (Wildman–Crippen MR) is 142 cm³/mol. The molecule has 8 nitrogen and oxygen atoms in total. The van der Waals surface area contributed by atoms with E-state index in [1.807, 2.05) is 51.2 Å². The third kappa shape index (κ3) is 5.36. The molecule has 10 heteroatoms. The highest BCUT2D eigenvalue weighted by Gasteiger charge is 2.29. The smallest absolute Gasteiger partial charge is 0.256 e. The Balaban J connectivity index is 1.55. The van der Waals surface area contributed by atoms with Crippen LogP contribution in [0.3, 0.4) is 0 Å². The summed E-state index contributed by atoms with van der Waals surface area (Å²) in [6, 6.07) is 15.0. The number of hydrogen-bond acceptors (Lipinski definition) is 6. The average Bonchev–Trinajstić information content (AvgIpc) is 3.20. The van der Waals surface area contributed by atoms with Crippen LogP contribution in [0.5, 0.6) is 0 Å². The second-order valence-electron chi connectivity index (χ2n) is 9.17. The number of anilines is 1. The van der Waals surface area contributed by atoms with E-state index >= 15 is 0 Å². The topological polar surface area (TPSA) is 113 Å². The molecule has 3 aromatic rings. The molecule has 0 aliphatic carbocycles. The Hall–Kier alpha value is -3.05. The molecule has 0 bridgehead atoms. The molecule has 3 N–H and O–H groups in total. The van der Waals surface area contributed by atoms with Gasteiger partial charge in [0.2, 0.25) is 10.0 Å². The number of rotatable bonds is 8. The highest BCUT2D eigenvalue weighted by atomic mass is 32.2. The molecule has 2 aromatic carbocycles. The molecule has 190 valence electrons. The van der Waals surface area contributed by atoms with Gasteiger partial charge >= 0.3 is 0 Å². The number of sulfonamides is 1. The lowest BCUT2D eigenvalue weighted by atomic mass is 10.0. The molecule has 1 aliphatic rings. The van der Waals surface area contributed by atoms with Crippen molar-refractivity contribution in [2.45, 2.75) is 44.3 Å². The van der Waals surface area contributed by atoms with Gasteiger partial charge in [-0.3, -0.25) is 9.59 Å². The van der Waals surface area contributed by atoms with Gasteiger partial charge in [0.05, 0.1) is 10.5 Å². The van der Waals surface area contributed by atoms with Gasteiger partial charge in [0.15, 0.2) is 0 Å². The van der Waals surface area contributed by atoms with Crippen molar-refractivity contribution in [1.82, 2.24) is 9.21 Å². The van der Waals surface area contributed by atoms with Gasteiger partial charge in [0.25, 0.3) is 11.8 Å². The number of carbonyl (C=O) groups excluding carboxylic acids is 2. The number of hydrogen-bond donors (Lipinski definition) is 2. The summed E-state index contributed by atoms with van der Waals surface area (Å²) < 4.78 is 28.2. The molecule has 0 unspecified atom stereocenters. The molecule has 0 fully saturated rings. The highest BCUT2D eigenvalue weighted by molar-refractivity contribution is 7.89. The Morgan fingerprint density at radius 3 is 2.39 bits per heavy atom. The van der Waals surface area contributed by atoms with Crippen LogP contribution in [0, 0.1) is 0 Å². The summed E-state index contributed by atoms with van der Waals surface area (Å²) in [6.07, 6.45) is 0.693. The number of nitrogens with one attached hydrogen (secondary N) is 1. The van der Waals surface area contributed by atoms with E-state index in [0.717, 1.165) is 22.5 Å². The molecule has 4 rings (SSSR count). The number of thiophene rings is 1. The highest BCUT2D eigenvalue weighted by Crippen LogP contribution is 2.37. The lowest BCUT2D eigenvalue weighted by Crippen LogP contribution is -2.36. The van der Waals surface area contributed by atoms with Crippen molar-refractivity contribution < 1.29 is 18.0 Å². The molecule has 2 amide bonds. The summed E-state index contributed by atoms with van der Waals surface area (Å²) in [6.45, 7) is 5.41. The molecule has 36 heavy (non-hydrogen) atoms. The van der Waals surface area contributed by atoms with Gasteiger partial charge in [0.1, 0.15) is 5.00 Å². The van der Waals surface area contributed by atoms with Crippen molar-refractivity contribution >= 4 is 38.2 Å². The van der Waals surface area contributed by atoms with Crippen molar-refractivity contribution in [1.29, 1.82) is 0 Å². The van der Waals surface area contributed by atoms with Crippen molar-refractivity contribution in [3.05, 3.63) is 81.7 Å². The van der Waals surface area contributed by atoms with Crippen molar-refractivity contribution in [2.24, 2.45) is 5.73 Å². The Morgan fingerprint density at radius 1 is 1.11 bits per heavy atom. The molecule has 2 heterocycles. The minimum absolute atomic E-state index is 0.108. The van der Waals surface area contributed by atoms with E-state index in [2.05, 4.69) is 10.2 Å². The molecule has 0 atom stereocenters. The molecule has 0 radical (unpaired) electrons. The third-order valence-electron chi connectivity index (χ3n) is 6.20. The first kappa shape index (κ1) is 26.0. The monoisotopic (exact) mass is 526 g/mol. The average molecular weight is 527 g/mol. The second-order valence-corrected chi connectivity index (χ2v) is 12.2. The van der Waals surface area contributed by atoms with Gasteiger partial charge in [0, 0.05) is 36.1 Å². The second kappa shape index (κ2) is 10.5. The van der Waals surface area contributed by atoms with Crippen LogP contribution in [0.25, 0.3) is 0 Å². The van der Waals surface area contributed by atoms with E-state index in [-0.39, 0.29) is 23.0 Å². The number of carbonyl (C=O) groups is 2. The van der Waals surface area contributed by atoms with Crippen LogP contribution in [0.1, 0.15) is 50.6 Å². The van der Waals surface area contributed by atoms with Crippen LogP contribution >= 0.6 is 11.3 Å². The van der Waals surface area contributed by atoms with E-state index in [4.69, 9.17) is 5.73 Å².